The molecule has 0 radical (unpaired) electrons. The van der Waals surface area contributed by atoms with E-state index in [1.807, 2.05) is 6.07 Å². The van der Waals surface area contributed by atoms with Crippen LogP contribution < -0.4 is 5.32 Å². The summed E-state index contributed by atoms with van der Waals surface area (Å²) < 4.78 is 38.5. The molecule has 1 saturated carbocycles. The summed E-state index contributed by atoms with van der Waals surface area (Å²) in [7, 11) is 0. The number of hydrogen-bond acceptors (Lipinski definition) is 1. The smallest absolute Gasteiger partial charge is 0.313 e. The molecule has 1 aliphatic carbocycles. The van der Waals surface area contributed by atoms with Crippen molar-refractivity contribution in [1.29, 1.82) is 0 Å². The maximum Gasteiger partial charge on any atom is 0.416 e. The minimum Gasteiger partial charge on any atom is -0.313 e. The number of alkyl halides is 3. The molecule has 0 aliphatic heterocycles. The van der Waals surface area contributed by atoms with E-state index in [9.17, 15) is 13.2 Å². The van der Waals surface area contributed by atoms with Gasteiger partial charge in [0.25, 0.3) is 0 Å². The fourth-order valence-electron chi connectivity index (χ4n) is 3.05. The Balaban J connectivity index is 2.19. The van der Waals surface area contributed by atoms with Gasteiger partial charge in [-0.25, -0.2) is 0 Å². The van der Waals surface area contributed by atoms with Gasteiger partial charge in [0.05, 0.1) is 5.56 Å². The maximum atomic E-state index is 12.8. The summed E-state index contributed by atoms with van der Waals surface area (Å²) in [4.78, 5) is 0. The standard InChI is InChI=1S/C16H22F3N/c1-2-10-20-15-9-4-3-8-14(15)12-6-5-7-13(11-12)16(17,18)19/h5-7,11,14-15,20H,2-4,8-10H2,1H3. The molecule has 112 valence electrons. The molecule has 0 amide bonds. The van der Waals surface area contributed by atoms with Crippen molar-refractivity contribution < 1.29 is 13.2 Å². The van der Waals surface area contributed by atoms with Gasteiger partial charge >= 0.3 is 6.18 Å². The average molecular weight is 285 g/mol. The van der Waals surface area contributed by atoms with Crippen molar-refractivity contribution in [3.63, 3.8) is 0 Å². The van der Waals surface area contributed by atoms with Crippen LogP contribution in [-0.4, -0.2) is 12.6 Å². The molecule has 1 N–H and O–H groups in total. The molecule has 4 heteroatoms. The fraction of sp³-hybridized carbons (Fsp3) is 0.625. The first-order chi connectivity index (χ1) is 9.52. The van der Waals surface area contributed by atoms with Crippen LogP contribution in [0.1, 0.15) is 56.1 Å². The second-order valence-corrected chi connectivity index (χ2v) is 5.57. The van der Waals surface area contributed by atoms with E-state index in [1.54, 1.807) is 0 Å². The SMILES string of the molecule is CCCNC1CCCCC1c1cccc(C(F)(F)F)c1. The first-order valence-corrected chi connectivity index (χ1v) is 7.43. The number of hydrogen-bond donors (Lipinski definition) is 1. The Morgan fingerprint density at radius 1 is 1.20 bits per heavy atom. The summed E-state index contributed by atoms with van der Waals surface area (Å²) in [5.74, 6) is 0.206. The minimum atomic E-state index is -4.25. The molecule has 1 nitrogen and oxygen atoms in total. The monoisotopic (exact) mass is 285 g/mol. The van der Waals surface area contributed by atoms with Gasteiger partial charge in [-0.1, -0.05) is 38.0 Å². The van der Waals surface area contributed by atoms with Gasteiger partial charge in [0.15, 0.2) is 0 Å². The van der Waals surface area contributed by atoms with Gasteiger partial charge in [-0.15, -0.1) is 0 Å². The Hall–Kier alpha value is -1.03. The Morgan fingerprint density at radius 2 is 1.95 bits per heavy atom. The lowest BCUT2D eigenvalue weighted by atomic mass is 9.79. The third kappa shape index (κ3) is 3.75. The van der Waals surface area contributed by atoms with E-state index < -0.39 is 11.7 Å². The van der Waals surface area contributed by atoms with Crippen molar-refractivity contribution in [2.24, 2.45) is 0 Å². The molecule has 0 bridgehead atoms. The van der Waals surface area contributed by atoms with Crippen molar-refractivity contribution in [2.75, 3.05) is 6.54 Å². The zero-order valence-electron chi connectivity index (χ0n) is 11.8. The molecule has 0 spiro atoms. The summed E-state index contributed by atoms with van der Waals surface area (Å²) in [6.07, 6.45) is 1.09. The van der Waals surface area contributed by atoms with Crippen LogP contribution in [0.25, 0.3) is 0 Å². The van der Waals surface area contributed by atoms with E-state index in [2.05, 4.69) is 12.2 Å². The third-order valence-corrected chi connectivity index (χ3v) is 4.06. The lowest BCUT2D eigenvalue weighted by Crippen LogP contribution is -2.37. The predicted molar refractivity (Wildman–Crippen MR) is 74.7 cm³/mol. The summed E-state index contributed by atoms with van der Waals surface area (Å²) in [5, 5.41) is 3.50. The molecule has 20 heavy (non-hydrogen) atoms. The predicted octanol–water partition coefficient (Wildman–Crippen LogP) is 4.73. The highest BCUT2D eigenvalue weighted by molar-refractivity contribution is 5.29. The highest BCUT2D eigenvalue weighted by Crippen LogP contribution is 2.36. The van der Waals surface area contributed by atoms with Crippen LogP contribution in [0.15, 0.2) is 24.3 Å². The van der Waals surface area contributed by atoms with Gasteiger partial charge < -0.3 is 5.32 Å². The van der Waals surface area contributed by atoms with Crippen LogP contribution in [0.3, 0.4) is 0 Å². The van der Waals surface area contributed by atoms with Crippen molar-refractivity contribution in [1.82, 2.24) is 5.32 Å². The first-order valence-electron chi connectivity index (χ1n) is 7.43. The van der Waals surface area contributed by atoms with Gasteiger partial charge in [-0.05, 0) is 43.4 Å². The largest absolute Gasteiger partial charge is 0.416 e. The molecule has 0 heterocycles. The molecular weight excluding hydrogens is 263 g/mol. The first kappa shape index (κ1) is 15.4. The zero-order valence-corrected chi connectivity index (χ0v) is 11.8. The van der Waals surface area contributed by atoms with Crippen molar-refractivity contribution in [3.8, 4) is 0 Å². The summed E-state index contributed by atoms with van der Waals surface area (Å²) >= 11 is 0. The van der Waals surface area contributed by atoms with Crippen molar-refractivity contribution >= 4 is 0 Å². The third-order valence-electron chi connectivity index (χ3n) is 4.06. The molecule has 1 aromatic carbocycles. The van der Waals surface area contributed by atoms with E-state index >= 15 is 0 Å². The molecule has 1 fully saturated rings. The van der Waals surface area contributed by atoms with Crippen LogP contribution in [0.5, 0.6) is 0 Å². The van der Waals surface area contributed by atoms with Gasteiger partial charge in [0, 0.05) is 6.04 Å². The number of rotatable bonds is 4. The number of halogens is 3. The quantitative estimate of drug-likeness (QED) is 0.843. The van der Waals surface area contributed by atoms with Crippen LogP contribution in [0, 0.1) is 0 Å². The Morgan fingerprint density at radius 3 is 2.65 bits per heavy atom. The lowest BCUT2D eigenvalue weighted by Gasteiger charge is -2.33. The highest BCUT2D eigenvalue weighted by atomic mass is 19.4. The van der Waals surface area contributed by atoms with Crippen LogP contribution >= 0.6 is 0 Å². The van der Waals surface area contributed by atoms with E-state index in [1.165, 1.54) is 12.1 Å². The lowest BCUT2D eigenvalue weighted by molar-refractivity contribution is -0.137. The molecule has 2 rings (SSSR count). The number of nitrogens with one attached hydrogen (secondary N) is 1. The maximum absolute atomic E-state index is 12.8. The summed E-state index contributed by atoms with van der Waals surface area (Å²) in [6, 6.07) is 6.17. The van der Waals surface area contributed by atoms with Gasteiger partial charge in [-0.3, -0.25) is 0 Å². The zero-order chi connectivity index (χ0) is 14.6. The van der Waals surface area contributed by atoms with Gasteiger partial charge in [-0.2, -0.15) is 13.2 Å². The second kappa shape index (κ2) is 6.61. The van der Waals surface area contributed by atoms with E-state index in [-0.39, 0.29) is 5.92 Å². The van der Waals surface area contributed by atoms with Crippen LogP contribution in [-0.2, 0) is 6.18 Å². The molecule has 0 saturated heterocycles. The van der Waals surface area contributed by atoms with Crippen molar-refractivity contribution in [3.05, 3.63) is 35.4 Å². The molecule has 2 atom stereocenters. The van der Waals surface area contributed by atoms with E-state index in [0.717, 1.165) is 50.3 Å². The van der Waals surface area contributed by atoms with E-state index in [0.29, 0.717) is 6.04 Å². The molecule has 1 aliphatic rings. The topological polar surface area (TPSA) is 12.0 Å². The Bertz CT molecular complexity index is 428. The van der Waals surface area contributed by atoms with E-state index in [4.69, 9.17) is 0 Å². The van der Waals surface area contributed by atoms with Crippen LogP contribution in [0.4, 0.5) is 13.2 Å². The average Bonchev–Trinajstić information content (AvgIpc) is 2.45. The Labute approximate surface area is 118 Å². The summed E-state index contributed by atoms with van der Waals surface area (Å²) in [6.45, 7) is 3.04. The van der Waals surface area contributed by atoms with Crippen molar-refractivity contribution in [2.45, 2.75) is 57.2 Å². The van der Waals surface area contributed by atoms with Crippen LogP contribution in [0.2, 0.25) is 0 Å². The molecule has 1 aromatic rings. The molecular formula is C16H22F3N. The second-order valence-electron chi connectivity index (χ2n) is 5.57. The normalized spacial score (nSPS) is 23.8. The highest BCUT2D eigenvalue weighted by Gasteiger charge is 2.32. The Kier molecular flexibility index (Phi) is 5.08. The fourth-order valence-corrected chi connectivity index (χ4v) is 3.05. The van der Waals surface area contributed by atoms with Gasteiger partial charge in [0.2, 0.25) is 0 Å². The summed E-state index contributed by atoms with van der Waals surface area (Å²) in [5.41, 5.74) is 0.294. The minimum absolute atomic E-state index is 0.206. The number of benzene rings is 1. The molecule has 2 unspecified atom stereocenters. The molecule has 0 aromatic heterocycles. The van der Waals surface area contributed by atoms with Gasteiger partial charge in [0.1, 0.15) is 0 Å².